The van der Waals surface area contributed by atoms with Crippen LogP contribution in [0.25, 0.3) is 0 Å². The predicted molar refractivity (Wildman–Crippen MR) is 86.9 cm³/mol. The van der Waals surface area contributed by atoms with E-state index in [9.17, 15) is 4.79 Å². The van der Waals surface area contributed by atoms with Gasteiger partial charge in [-0.3, -0.25) is 4.79 Å². The number of carbonyl (C=O) groups is 1. The summed E-state index contributed by atoms with van der Waals surface area (Å²) in [6.45, 7) is 2.99. The normalized spacial score (nSPS) is 20.4. The highest BCUT2D eigenvalue weighted by Crippen LogP contribution is 2.26. The molecular weight excluding hydrogens is 323 g/mol. The van der Waals surface area contributed by atoms with Crippen LogP contribution in [0, 0.1) is 0 Å². The van der Waals surface area contributed by atoms with E-state index in [-0.39, 0.29) is 24.4 Å². The number of rotatable bonds is 4. The first-order chi connectivity index (χ1) is 8.65. The molecule has 1 saturated heterocycles. The second-order valence-corrected chi connectivity index (χ2v) is 7.26. The summed E-state index contributed by atoms with van der Waals surface area (Å²) in [4.78, 5) is 13.0. The summed E-state index contributed by atoms with van der Waals surface area (Å²) in [5, 5.41) is 6.39. The number of thioether (sulfide) groups is 1. The third-order valence-corrected chi connectivity index (χ3v) is 5.37. The van der Waals surface area contributed by atoms with Gasteiger partial charge in [-0.2, -0.15) is 11.8 Å². The van der Waals surface area contributed by atoms with Crippen molar-refractivity contribution >= 4 is 53.0 Å². The molecular formula is C12H18Cl2N2OS2. The molecule has 1 aromatic heterocycles. The Bertz CT molecular complexity index is 408. The number of halogens is 2. The van der Waals surface area contributed by atoms with Crippen molar-refractivity contribution in [3.05, 3.63) is 21.3 Å². The van der Waals surface area contributed by atoms with Crippen LogP contribution in [0.5, 0.6) is 0 Å². The average Bonchev–Trinajstić information content (AvgIpc) is 2.77. The molecule has 19 heavy (non-hydrogen) atoms. The van der Waals surface area contributed by atoms with E-state index < -0.39 is 0 Å². The molecule has 1 aliphatic rings. The zero-order valence-corrected chi connectivity index (χ0v) is 13.9. The summed E-state index contributed by atoms with van der Waals surface area (Å²) in [5.41, 5.74) is 0. The van der Waals surface area contributed by atoms with Gasteiger partial charge in [0.2, 0.25) is 5.91 Å². The predicted octanol–water partition coefficient (Wildman–Crippen LogP) is 3.10. The largest absolute Gasteiger partial charge is 0.349 e. The molecule has 2 rings (SSSR count). The standard InChI is InChI=1S/C12H17ClN2OS2.ClH/c1-8(10-2-3-11(13)18-10)15-12(16)6-9-7-17-5-4-14-9;/h2-3,8-9,14H,4-7H2,1H3,(H,15,16);1H. The smallest absolute Gasteiger partial charge is 0.222 e. The van der Waals surface area contributed by atoms with Crippen LogP contribution in [0.1, 0.15) is 24.3 Å². The molecule has 7 heteroatoms. The van der Waals surface area contributed by atoms with Gasteiger partial charge in [0.15, 0.2) is 0 Å². The van der Waals surface area contributed by atoms with E-state index in [4.69, 9.17) is 11.6 Å². The molecule has 1 fully saturated rings. The molecule has 0 aromatic carbocycles. The van der Waals surface area contributed by atoms with Crippen molar-refractivity contribution < 1.29 is 4.79 Å². The minimum atomic E-state index is 0. The van der Waals surface area contributed by atoms with Crippen LogP contribution in [0.15, 0.2) is 12.1 Å². The van der Waals surface area contributed by atoms with Crippen LogP contribution < -0.4 is 10.6 Å². The van der Waals surface area contributed by atoms with Gasteiger partial charge < -0.3 is 10.6 Å². The first-order valence-electron chi connectivity index (χ1n) is 6.01. The molecule has 1 aromatic rings. The Kier molecular flexibility index (Phi) is 7.54. The summed E-state index contributed by atoms with van der Waals surface area (Å²) in [7, 11) is 0. The zero-order chi connectivity index (χ0) is 13.0. The Morgan fingerprint density at radius 2 is 2.42 bits per heavy atom. The number of hydrogen-bond acceptors (Lipinski definition) is 4. The summed E-state index contributed by atoms with van der Waals surface area (Å²) in [5.74, 6) is 2.27. The lowest BCUT2D eigenvalue weighted by Crippen LogP contribution is -2.41. The van der Waals surface area contributed by atoms with Crippen molar-refractivity contribution in [2.75, 3.05) is 18.1 Å². The Labute approximate surface area is 133 Å². The molecule has 1 amide bonds. The Hall–Kier alpha value is 0.0600. The number of amides is 1. The molecule has 0 spiro atoms. The number of carbonyl (C=O) groups excluding carboxylic acids is 1. The molecule has 0 radical (unpaired) electrons. The molecule has 0 aliphatic carbocycles. The SMILES string of the molecule is CC(NC(=O)CC1CSCCN1)c1ccc(Cl)s1.Cl. The highest BCUT2D eigenvalue weighted by molar-refractivity contribution is 7.99. The summed E-state index contributed by atoms with van der Waals surface area (Å²) < 4.78 is 0.761. The number of hydrogen-bond donors (Lipinski definition) is 2. The van der Waals surface area contributed by atoms with Crippen LogP contribution in [0.4, 0.5) is 0 Å². The molecule has 1 aliphatic heterocycles. The van der Waals surface area contributed by atoms with Crippen molar-refractivity contribution in [2.24, 2.45) is 0 Å². The van der Waals surface area contributed by atoms with E-state index in [1.54, 1.807) is 0 Å². The zero-order valence-electron chi connectivity index (χ0n) is 10.6. The quantitative estimate of drug-likeness (QED) is 0.884. The Morgan fingerprint density at radius 1 is 1.63 bits per heavy atom. The molecule has 2 N–H and O–H groups in total. The molecule has 2 unspecified atom stereocenters. The van der Waals surface area contributed by atoms with Crippen molar-refractivity contribution in [3.63, 3.8) is 0 Å². The van der Waals surface area contributed by atoms with Crippen molar-refractivity contribution in [1.82, 2.24) is 10.6 Å². The maximum atomic E-state index is 11.9. The summed E-state index contributed by atoms with van der Waals surface area (Å²) in [6, 6.07) is 4.17. The van der Waals surface area contributed by atoms with E-state index in [1.807, 2.05) is 30.8 Å². The molecule has 0 bridgehead atoms. The highest BCUT2D eigenvalue weighted by atomic mass is 35.5. The number of nitrogens with one attached hydrogen (secondary N) is 2. The van der Waals surface area contributed by atoms with Gasteiger partial charge in [0, 0.05) is 35.4 Å². The second-order valence-electron chi connectivity index (χ2n) is 4.36. The molecule has 3 nitrogen and oxygen atoms in total. The Balaban J connectivity index is 0.00000180. The van der Waals surface area contributed by atoms with Crippen molar-refractivity contribution in [3.8, 4) is 0 Å². The van der Waals surface area contributed by atoms with Crippen LogP contribution in [0.3, 0.4) is 0 Å². The van der Waals surface area contributed by atoms with Crippen LogP contribution in [-0.2, 0) is 4.79 Å². The molecule has 2 heterocycles. The van der Waals surface area contributed by atoms with Gasteiger partial charge in [0.1, 0.15) is 0 Å². The highest BCUT2D eigenvalue weighted by Gasteiger charge is 2.18. The van der Waals surface area contributed by atoms with E-state index in [1.165, 1.54) is 11.3 Å². The fraction of sp³-hybridized carbons (Fsp3) is 0.583. The first-order valence-corrected chi connectivity index (χ1v) is 8.36. The van der Waals surface area contributed by atoms with Crippen LogP contribution in [0.2, 0.25) is 4.34 Å². The molecule has 0 saturated carbocycles. The van der Waals surface area contributed by atoms with Gasteiger partial charge in [-0.15, -0.1) is 23.7 Å². The maximum Gasteiger partial charge on any atom is 0.222 e. The lowest BCUT2D eigenvalue weighted by atomic mass is 10.2. The average molecular weight is 341 g/mol. The third kappa shape index (κ3) is 5.52. The van der Waals surface area contributed by atoms with Crippen molar-refractivity contribution in [2.45, 2.75) is 25.4 Å². The fourth-order valence-corrected chi connectivity index (χ4v) is 3.92. The van der Waals surface area contributed by atoms with Gasteiger partial charge in [0.05, 0.1) is 10.4 Å². The van der Waals surface area contributed by atoms with Crippen LogP contribution in [-0.4, -0.2) is 30.0 Å². The topological polar surface area (TPSA) is 41.1 Å². The van der Waals surface area contributed by atoms with Crippen molar-refractivity contribution in [1.29, 1.82) is 0 Å². The third-order valence-electron chi connectivity index (χ3n) is 2.83. The van der Waals surface area contributed by atoms with Gasteiger partial charge in [-0.25, -0.2) is 0 Å². The Morgan fingerprint density at radius 3 is 3.00 bits per heavy atom. The van der Waals surface area contributed by atoms with E-state index >= 15 is 0 Å². The monoisotopic (exact) mass is 340 g/mol. The molecule has 108 valence electrons. The summed E-state index contributed by atoms with van der Waals surface area (Å²) >= 11 is 9.31. The van der Waals surface area contributed by atoms with Gasteiger partial charge in [0.25, 0.3) is 0 Å². The number of thiophene rings is 1. The second kappa shape index (κ2) is 8.37. The van der Waals surface area contributed by atoms with E-state index in [2.05, 4.69) is 10.6 Å². The van der Waals surface area contributed by atoms with E-state index in [0.717, 1.165) is 27.3 Å². The van der Waals surface area contributed by atoms with Crippen LogP contribution >= 0.6 is 47.1 Å². The first kappa shape index (κ1) is 17.1. The fourth-order valence-electron chi connectivity index (χ4n) is 1.91. The van der Waals surface area contributed by atoms with Gasteiger partial charge in [-0.05, 0) is 19.1 Å². The minimum absolute atomic E-state index is 0. The molecule has 2 atom stereocenters. The lowest BCUT2D eigenvalue weighted by Gasteiger charge is -2.23. The van der Waals surface area contributed by atoms with Gasteiger partial charge >= 0.3 is 0 Å². The maximum absolute atomic E-state index is 11.9. The van der Waals surface area contributed by atoms with E-state index in [0.29, 0.717) is 12.5 Å². The summed E-state index contributed by atoms with van der Waals surface area (Å²) in [6.07, 6.45) is 0.552. The van der Waals surface area contributed by atoms with Gasteiger partial charge in [-0.1, -0.05) is 11.6 Å². The lowest BCUT2D eigenvalue weighted by molar-refractivity contribution is -0.122. The minimum Gasteiger partial charge on any atom is -0.349 e.